The van der Waals surface area contributed by atoms with Crippen molar-refractivity contribution in [2.75, 3.05) is 13.2 Å². The van der Waals surface area contributed by atoms with E-state index in [1.807, 2.05) is 32.9 Å². The van der Waals surface area contributed by atoms with E-state index in [9.17, 15) is 9.90 Å². The average molecular weight is 425 g/mol. The standard InChI is InChI=1S/C26H36N2O3/c1-26(2,3)31-25(30)27-18-10-16-24(17-11-19-29)28(20-22-12-6-4-7-13-22)21-23-14-8-5-9-15-23/h4-9,11-15,17,24,29H,10,16,18-21H2,1-3H3,(H,27,30)/b17-11+/t24-/m0/s1. The second kappa shape index (κ2) is 12.9. The molecule has 2 N–H and O–H groups in total. The highest BCUT2D eigenvalue weighted by atomic mass is 16.6. The van der Waals surface area contributed by atoms with Crippen molar-refractivity contribution in [3.05, 3.63) is 83.9 Å². The van der Waals surface area contributed by atoms with Crippen LogP contribution in [0.15, 0.2) is 72.8 Å². The summed E-state index contributed by atoms with van der Waals surface area (Å²) in [5.41, 5.74) is 1.99. The summed E-state index contributed by atoms with van der Waals surface area (Å²) >= 11 is 0. The number of ether oxygens (including phenoxy) is 1. The molecule has 0 aliphatic rings. The Morgan fingerprint density at radius 1 is 1.03 bits per heavy atom. The largest absolute Gasteiger partial charge is 0.444 e. The highest BCUT2D eigenvalue weighted by Crippen LogP contribution is 2.18. The van der Waals surface area contributed by atoms with Crippen molar-refractivity contribution in [1.82, 2.24) is 10.2 Å². The predicted octanol–water partition coefficient (Wildman–Crippen LogP) is 4.91. The van der Waals surface area contributed by atoms with Crippen molar-refractivity contribution < 1.29 is 14.6 Å². The highest BCUT2D eigenvalue weighted by Gasteiger charge is 2.18. The van der Waals surface area contributed by atoms with Crippen LogP contribution in [-0.4, -0.2) is 40.9 Å². The third-order valence-electron chi connectivity index (χ3n) is 4.73. The Bertz CT molecular complexity index is 744. The smallest absolute Gasteiger partial charge is 0.407 e. The van der Waals surface area contributed by atoms with E-state index < -0.39 is 5.60 Å². The molecule has 1 amide bonds. The Morgan fingerprint density at radius 2 is 1.58 bits per heavy atom. The van der Waals surface area contributed by atoms with Crippen LogP contribution in [0.1, 0.15) is 44.7 Å². The molecule has 31 heavy (non-hydrogen) atoms. The van der Waals surface area contributed by atoms with Gasteiger partial charge in [0.1, 0.15) is 5.60 Å². The molecule has 0 bridgehead atoms. The van der Waals surface area contributed by atoms with E-state index in [1.54, 1.807) is 6.08 Å². The first-order chi connectivity index (χ1) is 14.9. The van der Waals surface area contributed by atoms with Crippen LogP contribution >= 0.6 is 0 Å². The van der Waals surface area contributed by atoms with E-state index in [4.69, 9.17) is 4.74 Å². The first-order valence-electron chi connectivity index (χ1n) is 10.9. The summed E-state index contributed by atoms with van der Waals surface area (Å²) in [7, 11) is 0. The van der Waals surface area contributed by atoms with E-state index >= 15 is 0 Å². The maximum absolute atomic E-state index is 11.9. The van der Waals surface area contributed by atoms with Gasteiger partial charge in [-0.2, -0.15) is 0 Å². The normalized spacial score (nSPS) is 12.8. The molecule has 2 rings (SSSR count). The number of carbonyl (C=O) groups excluding carboxylic acids is 1. The molecule has 0 aromatic heterocycles. The molecule has 0 heterocycles. The molecule has 0 spiro atoms. The van der Waals surface area contributed by atoms with Crippen LogP contribution in [-0.2, 0) is 17.8 Å². The zero-order valence-corrected chi connectivity index (χ0v) is 19.0. The summed E-state index contributed by atoms with van der Waals surface area (Å²) in [6.07, 6.45) is 5.14. The second-order valence-electron chi connectivity index (χ2n) is 8.63. The summed E-state index contributed by atoms with van der Waals surface area (Å²) < 4.78 is 5.31. The van der Waals surface area contributed by atoms with Crippen LogP contribution in [0, 0.1) is 0 Å². The number of nitrogens with zero attached hydrogens (tertiary/aromatic N) is 1. The van der Waals surface area contributed by atoms with Gasteiger partial charge in [-0.25, -0.2) is 4.79 Å². The number of carbonyl (C=O) groups is 1. The van der Waals surface area contributed by atoms with Crippen LogP contribution in [0.2, 0.25) is 0 Å². The summed E-state index contributed by atoms with van der Waals surface area (Å²) in [5, 5.41) is 12.2. The number of amides is 1. The number of aliphatic hydroxyl groups excluding tert-OH is 1. The second-order valence-corrected chi connectivity index (χ2v) is 8.63. The molecule has 0 aliphatic carbocycles. The molecule has 5 heteroatoms. The fourth-order valence-corrected chi connectivity index (χ4v) is 3.36. The van der Waals surface area contributed by atoms with Crippen molar-refractivity contribution in [3.63, 3.8) is 0 Å². The SMILES string of the molecule is CC(C)(C)OC(=O)NCCC[C@@H](/C=C/CO)N(Cc1ccccc1)Cc1ccccc1. The van der Waals surface area contributed by atoms with Gasteiger partial charge in [0.25, 0.3) is 0 Å². The Balaban J connectivity index is 2.05. The van der Waals surface area contributed by atoms with Gasteiger partial charge in [0.2, 0.25) is 0 Å². The van der Waals surface area contributed by atoms with Crippen molar-refractivity contribution >= 4 is 6.09 Å². The van der Waals surface area contributed by atoms with Gasteiger partial charge in [0.15, 0.2) is 0 Å². The van der Waals surface area contributed by atoms with Crippen molar-refractivity contribution in [1.29, 1.82) is 0 Å². The number of benzene rings is 2. The van der Waals surface area contributed by atoms with Crippen LogP contribution < -0.4 is 5.32 Å². The van der Waals surface area contributed by atoms with Gasteiger partial charge in [-0.15, -0.1) is 0 Å². The summed E-state index contributed by atoms with van der Waals surface area (Å²) in [5.74, 6) is 0. The monoisotopic (exact) mass is 424 g/mol. The molecule has 0 aliphatic heterocycles. The van der Waals surface area contributed by atoms with Crippen LogP contribution in [0.5, 0.6) is 0 Å². The maximum atomic E-state index is 11.9. The maximum Gasteiger partial charge on any atom is 0.407 e. The van der Waals surface area contributed by atoms with E-state index in [-0.39, 0.29) is 18.7 Å². The van der Waals surface area contributed by atoms with E-state index in [1.165, 1.54) is 11.1 Å². The number of hydrogen-bond acceptors (Lipinski definition) is 4. The summed E-state index contributed by atoms with van der Waals surface area (Å²) in [6.45, 7) is 7.72. The number of hydrogen-bond donors (Lipinski definition) is 2. The Labute approximate surface area is 186 Å². The molecular formula is C26H36N2O3. The minimum absolute atomic E-state index is 0.0111. The van der Waals surface area contributed by atoms with Crippen molar-refractivity contribution in [2.24, 2.45) is 0 Å². The first kappa shape index (κ1) is 24.6. The Hall–Kier alpha value is -2.63. The molecular weight excluding hydrogens is 388 g/mol. The summed E-state index contributed by atoms with van der Waals surface area (Å²) in [4.78, 5) is 14.3. The van der Waals surface area contributed by atoms with E-state index in [2.05, 4.69) is 64.8 Å². The number of nitrogens with one attached hydrogen (secondary N) is 1. The molecule has 0 radical (unpaired) electrons. The number of alkyl carbamates (subject to hydrolysis) is 1. The van der Waals surface area contributed by atoms with Gasteiger partial charge in [0.05, 0.1) is 6.61 Å². The minimum atomic E-state index is -0.501. The lowest BCUT2D eigenvalue weighted by Gasteiger charge is -2.30. The zero-order chi connectivity index (χ0) is 22.5. The van der Waals surface area contributed by atoms with Crippen molar-refractivity contribution in [3.8, 4) is 0 Å². The third kappa shape index (κ3) is 10.3. The molecule has 0 saturated heterocycles. The average Bonchev–Trinajstić information content (AvgIpc) is 2.73. The minimum Gasteiger partial charge on any atom is -0.444 e. The fraction of sp³-hybridized carbons (Fsp3) is 0.423. The first-order valence-corrected chi connectivity index (χ1v) is 10.9. The van der Waals surface area contributed by atoms with Crippen LogP contribution in [0.3, 0.4) is 0 Å². The molecule has 0 fully saturated rings. The van der Waals surface area contributed by atoms with Gasteiger partial charge in [-0.1, -0.05) is 72.8 Å². The topological polar surface area (TPSA) is 61.8 Å². The number of rotatable bonds is 11. The van der Waals surface area contributed by atoms with Gasteiger partial charge in [0, 0.05) is 25.7 Å². The lowest BCUT2D eigenvalue weighted by Crippen LogP contribution is -2.35. The quantitative estimate of drug-likeness (QED) is 0.397. The van der Waals surface area contributed by atoms with Crippen LogP contribution in [0.4, 0.5) is 4.79 Å². The lowest BCUT2D eigenvalue weighted by molar-refractivity contribution is 0.0526. The van der Waals surface area contributed by atoms with Crippen molar-refractivity contribution in [2.45, 2.75) is 58.3 Å². The molecule has 2 aromatic carbocycles. The predicted molar refractivity (Wildman–Crippen MR) is 126 cm³/mol. The van der Waals surface area contributed by atoms with Gasteiger partial charge in [-0.3, -0.25) is 4.90 Å². The lowest BCUT2D eigenvalue weighted by atomic mass is 10.1. The molecule has 1 atom stereocenters. The third-order valence-corrected chi connectivity index (χ3v) is 4.73. The number of aliphatic hydroxyl groups is 1. The van der Waals surface area contributed by atoms with Gasteiger partial charge >= 0.3 is 6.09 Å². The molecule has 2 aromatic rings. The summed E-state index contributed by atoms with van der Waals surface area (Å²) in [6, 6.07) is 20.9. The van der Waals surface area contributed by atoms with Crippen LogP contribution in [0.25, 0.3) is 0 Å². The van der Waals surface area contributed by atoms with E-state index in [0.717, 1.165) is 25.9 Å². The molecule has 168 valence electrons. The highest BCUT2D eigenvalue weighted by molar-refractivity contribution is 5.67. The molecule has 0 saturated carbocycles. The Kier molecular flexibility index (Phi) is 10.3. The Morgan fingerprint density at radius 3 is 2.06 bits per heavy atom. The molecule has 5 nitrogen and oxygen atoms in total. The zero-order valence-electron chi connectivity index (χ0n) is 19.0. The fourth-order valence-electron chi connectivity index (χ4n) is 3.36. The van der Waals surface area contributed by atoms with Gasteiger partial charge < -0.3 is 15.2 Å². The molecule has 0 unspecified atom stereocenters. The van der Waals surface area contributed by atoms with E-state index in [0.29, 0.717) is 6.54 Å². The van der Waals surface area contributed by atoms with Gasteiger partial charge in [-0.05, 0) is 44.7 Å².